The molecule has 0 aromatic carbocycles. The molecule has 116 valence electrons. The van der Waals surface area contributed by atoms with Crippen LogP contribution in [0.4, 0.5) is 11.6 Å². The van der Waals surface area contributed by atoms with Crippen LogP contribution in [0.25, 0.3) is 0 Å². The first-order valence-corrected chi connectivity index (χ1v) is 7.79. The zero-order valence-corrected chi connectivity index (χ0v) is 12.9. The second-order valence-corrected chi connectivity index (χ2v) is 6.10. The lowest BCUT2D eigenvalue weighted by atomic mass is 10.1. The monoisotopic (exact) mass is 307 g/mol. The van der Waals surface area contributed by atoms with Gasteiger partial charge in [-0.3, -0.25) is 0 Å². The summed E-state index contributed by atoms with van der Waals surface area (Å²) >= 11 is 0. The Hall–Kier alpha value is -2.75. The van der Waals surface area contributed by atoms with Crippen LogP contribution >= 0.6 is 0 Å². The van der Waals surface area contributed by atoms with E-state index in [4.69, 9.17) is 5.26 Å². The molecule has 0 atom stereocenters. The second-order valence-electron chi connectivity index (χ2n) is 6.10. The minimum Gasteiger partial charge on any atom is -0.351 e. The number of anilines is 2. The molecule has 0 bridgehead atoms. The van der Waals surface area contributed by atoms with Crippen molar-refractivity contribution in [3.8, 4) is 6.07 Å². The highest BCUT2D eigenvalue weighted by atomic mass is 15.4. The quantitative estimate of drug-likeness (QED) is 0.843. The van der Waals surface area contributed by atoms with Crippen LogP contribution in [0.1, 0.15) is 30.1 Å². The van der Waals surface area contributed by atoms with Gasteiger partial charge in [0.05, 0.1) is 11.7 Å². The van der Waals surface area contributed by atoms with Crippen LogP contribution < -0.4 is 9.80 Å². The van der Waals surface area contributed by atoms with Crippen LogP contribution in [-0.4, -0.2) is 46.3 Å². The van der Waals surface area contributed by atoms with E-state index in [2.05, 4.69) is 43.3 Å². The molecule has 3 heterocycles. The Labute approximate surface area is 134 Å². The van der Waals surface area contributed by atoms with E-state index in [0.29, 0.717) is 23.5 Å². The van der Waals surface area contributed by atoms with Crippen LogP contribution in [-0.2, 0) is 0 Å². The van der Waals surface area contributed by atoms with Crippen LogP contribution in [0, 0.1) is 11.3 Å². The molecule has 1 saturated carbocycles. The molecule has 1 aliphatic carbocycles. The highest BCUT2D eigenvalue weighted by Gasteiger charge is 2.33. The maximum atomic E-state index is 9.14. The van der Waals surface area contributed by atoms with Crippen LogP contribution in [0.2, 0.25) is 0 Å². The van der Waals surface area contributed by atoms with Crippen molar-refractivity contribution < 1.29 is 0 Å². The predicted molar refractivity (Wildman–Crippen MR) is 85.2 cm³/mol. The van der Waals surface area contributed by atoms with E-state index in [1.165, 1.54) is 12.8 Å². The number of hydrogen-bond donors (Lipinski definition) is 0. The Bertz CT molecular complexity index is 742. The van der Waals surface area contributed by atoms with Gasteiger partial charge in [-0.1, -0.05) is 0 Å². The molecule has 2 fully saturated rings. The lowest BCUT2D eigenvalue weighted by Gasteiger charge is -2.44. The summed E-state index contributed by atoms with van der Waals surface area (Å²) in [5, 5.41) is 17.8. The zero-order chi connectivity index (χ0) is 15.8. The van der Waals surface area contributed by atoms with E-state index in [1.54, 1.807) is 12.4 Å². The minimum absolute atomic E-state index is 0.295. The summed E-state index contributed by atoms with van der Waals surface area (Å²) in [5.74, 6) is 2.18. The Morgan fingerprint density at radius 1 is 1.17 bits per heavy atom. The van der Waals surface area contributed by atoms with Crippen molar-refractivity contribution in [2.24, 2.45) is 0 Å². The minimum atomic E-state index is 0.295. The van der Waals surface area contributed by atoms with Crippen LogP contribution in [0.5, 0.6) is 0 Å². The first-order valence-electron chi connectivity index (χ1n) is 7.79. The smallest absolute Gasteiger partial charge is 0.183 e. The molecule has 7 nitrogen and oxygen atoms in total. The highest BCUT2D eigenvalue weighted by molar-refractivity contribution is 5.53. The number of aromatic nitrogens is 4. The van der Waals surface area contributed by atoms with Crippen molar-refractivity contribution in [3.05, 3.63) is 35.9 Å². The zero-order valence-electron chi connectivity index (χ0n) is 12.9. The van der Waals surface area contributed by atoms with Gasteiger partial charge in [-0.2, -0.15) is 10.4 Å². The van der Waals surface area contributed by atoms with E-state index < -0.39 is 0 Å². The molecule has 0 amide bonds. The van der Waals surface area contributed by atoms with Gasteiger partial charge < -0.3 is 9.80 Å². The fourth-order valence-electron chi connectivity index (χ4n) is 2.83. The second kappa shape index (κ2) is 5.47. The van der Waals surface area contributed by atoms with E-state index in [-0.39, 0.29) is 0 Å². The van der Waals surface area contributed by atoms with E-state index in [0.717, 1.165) is 24.6 Å². The topological polar surface area (TPSA) is 81.8 Å². The molecule has 2 aliphatic rings. The van der Waals surface area contributed by atoms with Gasteiger partial charge in [0.15, 0.2) is 17.3 Å². The maximum Gasteiger partial charge on any atom is 0.183 e. The fourth-order valence-corrected chi connectivity index (χ4v) is 2.83. The van der Waals surface area contributed by atoms with E-state index in [9.17, 15) is 0 Å². The van der Waals surface area contributed by atoms with Gasteiger partial charge in [0.1, 0.15) is 6.07 Å². The third-order valence-corrected chi connectivity index (χ3v) is 4.52. The van der Waals surface area contributed by atoms with Gasteiger partial charge in [0, 0.05) is 38.4 Å². The molecule has 23 heavy (non-hydrogen) atoms. The normalized spacial score (nSPS) is 17.5. The molecular formula is C16H17N7. The Morgan fingerprint density at radius 3 is 2.61 bits per heavy atom. The van der Waals surface area contributed by atoms with Crippen LogP contribution in [0.15, 0.2) is 24.5 Å². The fraction of sp³-hybridized carbons (Fsp3) is 0.438. The van der Waals surface area contributed by atoms with Gasteiger partial charge in [-0.05, 0) is 25.0 Å². The Balaban J connectivity index is 1.41. The van der Waals surface area contributed by atoms with Gasteiger partial charge in [-0.25, -0.2) is 9.97 Å². The maximum absolute atomic E-state index is 9.14. The summed E-state index contributed by atoms with van der Waals surface area (Å²) < 4.78 is 0. The highest BCUT2D eigenvalue weighted by Crippen LogP contribution is 2.39. The number of hydrogen-bond acceptors (Lipinski definition) is 7. The average molecular weight is 307 g/mol. The first-order chi connectivity index (χ1) is 11.3. The lowest BCUT2D eigenvalue weighted by Crippen LogP contribution is -2.59. The third kappa shape index (κ3) is 2.57. The van der Waals surface area contributed by atoms with E-state index in [1.807, 2.05) is 11.9 Å². The number of nitrogens with zero attached hydrogens (tertiary/aromatic N) is 7. The summed E-state index contributed by atoms with van der Waals surface area (Å²) in [6.45, 7) is 1.69. The lowest BCUT2D eigenvalue weighted by molar-refractivity contribution is 0.487. The van der Waals surface area contributed by atoms with Crippen molar-refractivity contribution in [2.45, 2.75) is 24.8 Å². The van der Waals surface area contributed by atoms with Gasteiger partial charge in [0.2, 0.25) is 0 Å². The molecular weight excluding hydrogens is 290 g/mol. The predicted octanol–water partition coefficient (Wildman–Crippen LogP) is 1.34. The molecule has 2 aromatic rings. The van der Waals surface area contributed by atoms with Crippen molar-refractivity contribution in [1.82, 2.24) is 20.2 Å². The number of rotatable bonds is 4. The summed E-state index contributed by atoms with van der Waals surface area (Å²) in [6.07, 6.45) is 5.64. The van der Waals surface area contributed by atoms with Gasteiger partial charge in [-0.15, -0.1) is 5.10 Å². The summed E-state index contributed by atoms with van der Waals surface area (Å²) in [6, 6.07) is 6.54. The number of nitriles is 1. The van der Waals surface area contributed by atoms with Crippen molar-refractivity contribution >= 4 is 11.6 Å². The largest absolute Gasteiger partial charge is 0.351 e. The van der Waals surface area contributed by atoms with Crippen molar-refractivity contribution in [2.75, 3.05) is 29.9 Å². The molecule has 0 unspecified atom stereocenters. The Morgan fingerprint density at radius 2 is 1.96 bits per heavy atom. The molecule has 4 rings (SSSR count). The molecule has 1 saturated heterocycles. The molecule has 2 aromatic heterocycles. The molecule has 1 aliphatic heterocycles. The van der Waals surface area contributed by atoms with Crippen molar-refractivity contribution in [3.63, 3.8) is 0 Å². The standard InChI is InChI=1S/C16H17N7/c1-22(16-14(8-17)18-6-7-19-16)12-9-23(10-12)15-5-4-13(20-21-15)11-2-3-11/h4-7,11-12H,2-3,9-10H2,1H3. The number of likely N-dealkylation sites (N-methyl/N-ethyl adjacent to an activating group) is 1. The van der Waals surface area contributed by atoms with Crippen molar-refractivity contribution in [1.29, 1.82) is 5.26 Å². The molecule has 0 N–H and O–H groups in total. The molecule has 0 radical (unpaired) electrons. The Kier molecular flexibility index (Phi) is 3.30. The van der Waals surface area contributed by atoms with Gasteiger partial charge >= 0.3 is 0 Å². The summed E-state index contributed by atoms with van der Waals surface area (Å²) in [5.41, 5.74) is 1.48. The average Bonchev–Trinajstić information content (AvgIpc) is 3.39. The van der Waals surface area contributed by atoms with E-state index >= 15 is 0 Å². The van der Waals surface area contributed by atoms with Gasteiger partial charge in [0.25, 0.3) is 0 Å². The third-order valence-electron chi connectivity index (χ3n) is 4.52. The van der Waals surface area contributed by atoms with Crippen LogP contribution in [0.3, 0.4) is 0 Å². The SMILES string of the molecule is CN(c1nccnc1C#N)C1CN(c2ccc(C3CC3)nn2)C1. The molecule has 7 heteroatoms. The molecule has 0 spiro atoms. The summed E-state index contributed by atoms with van der Waals surface area (Å²) in [4.78, 5) is 12.6. The summed E-state index contributed by atoms with van der Waals surface area (Å²) in [7, 11) is 1.95. The first kappa shape index (κ1) is 13.9.